The zero-order chi connectivity index (χ0) is 32.1. The fourth-order valence-corrected chi connectivity index (χ4v) is 4.74. The van der Waals surface area contributed by atoms with Crippen molar-refractivity contribution in [3.8, 4) is 5.75 Å². The van der Waals surface area contributed by atoms with Crippen molar-refractivity contribution < 1.29 is 46.5 Å². The first-order valence-electron chi connectivity index (χ1n) is 13.1. The summed E-state index contributed by atoms with van der Waals surface area (Å²) in [6.07, 6.45) is -5.43. The maximum Gasteiger partial charge on any atom is 0.418 e. The normalized spacial score (nSPS) is 15.8. The zero-order valence-corrected chi connectivity index (χ0v) is 23.9. The van der Waals surface area contributed by atoms with Crippen LogP contribution in [-0.2, 0) is 22.2 Å². The number of carboxylic acid groups (broad SMARTS) is 1. The Morgan fingerprint density at radius 3 is 2.49 bits per heavy atom. The van der Waals surface area contributed by atoms with Crippen LogP contribution in [0, 0.1) is 23.0 Å². The van der Waals surface area contributed by atoms with E-state index >= 15 is 0 Å². The standard InChI is InChI=1S/C28H30ClF5N4O5/c1-14(2)26(36-4-6-43-23-10-16(30)9-20(31)25(23)29)18(12-35)27(42)37-21-7-15(8-24(40)41)22(11-19(21)28(32,33)34)38-5-3-17(39)13-38/h7,9-12,14,17,35-36,39H,3-6,8,13H2,1-2H3,(H,37,42)(H,40,41)/b26-18+,35-12?/t17-/m1/s1. The fraction of sp³-hybridized carbons (Fsp3) is 0.393. The number of anilines is 2. The number of ether oxygens (including phenoxy) is 1. The molecule has 1 saturated heterocycles. The number of nitrogens with zero attached hydrogens (tertiary/aromatic N) is 1. The number of aliphatic carboxylic acids is 1. The zero-order valence-electron chi connectivity index (χ0n) is 23.1. The van der Waals surface area contributed by atoms with E-state index in [2.05, 4.69) is 10.6 Å². The number of amides is 1. The smallest absolute Gasteiger partial charge is 0.418 e. The first-order chi connectivity index (χ1) is 20.1. The molecule has 0 bridgehead atoms. The molecule has 0 spiro atoms. The van der Waals surface area contributed by atoms with Crippen molar-refractivity contribution in [1.82, 2.24) is 5.32 Å². The minimum atomic E-state index is -4.94. The number of allylic oxidation sites excluding steroid dienone is 1. The molecule has 1 amide bonds. The van der Waals surface area contributed by atoms with Crippen molar-refractivity contribution in [3.63, 3.8) is 0 Å². The van der Waals surface area contributed by atoms with E-state index in [-0.39, 0.29) is 54.5 Å². The lowest BCUT2D eigenvalue weighted by Crippen LogP contribution is -2.29. The van der Waals surface area contributed by atoms with E-state index in [4.69, 9.17) is 21.7 Å². The average Bonchev–Trinajstić information content (AvgIpc) is 3.33. The van der Waals surface area contributed by atoms with Crippen LogP contribution < -0.4 is 20.3 Å². The van der Waals surface area contributed by atoms with E-state index < -0.39 is 64.4 Å². The quantitative estimate of drug-likeness (QED) is 0.0731. The number of carboxylic acids is 1. The second kappa shape index (κ2) is 14.0. The van der Waals surface area contributed by atoms with Crippen LogP contribution in [0.5, 0.6) is 5.75 Å². The van der Waals surface area contributed by atoms with Gasteiger partial charge in [-0.2, -0.15) is 13.2 Å². The van der Waals surface area contributed by atoms with Crippen LogP contribution in [0.1, 0.15) is 31.4 Å². The number of halogens is 6. The summed E-state index contributed by atoms with van der Waals surface area (Å²) in [5.74, 6) is -5.01. The highest BCUT2D eigenvalue weighted by Gasteiger charge is 2.37. The summed E-state index contributed by atoms with van der Waals surface area (Å²) in [6.45, 7) is 3.32. The van der Waals surface area contributed by atoms with E-state index in [9.17, 15) is 41.8 Å². The maximum atomic E-state index is 14.2. The van der Waals surface area contributed by atoms with E-state index in [0.717, 1.165) is 18.2 Å². The predicted molar refractivity (Wildman–Crippen MR) is 150 cm³/mol. The number of nitrogens with one attached hydrogen (secondary N) is 3. The van der Waals surface area contributed by atoms with Gasteiger partial charge >= 0.3 is 12.1 Å². The summed E-state index contributed by atoms with van der Waals surface area (Å²) in [7, 11) is 0. The first-order valence-corrected chi connectivity index (χ1v) is 13.5. The van der Waals surface area contributed by atoms with Gasteiger partial charge < -0.3 is 35.9 Å². The number of rotatable bonds is 12. The molecule has 2 aromatic carbocycles. The van der Waals surface area contributed by atoms with Gasteiger partial charge in [-0.25, -0.2) is 8.78 Å². The number of alkyl halides is 3. The first kappa shape index (κ1) is 33.6. The maximum absolute atomic E-state index is 14.2. The molecule has 0 saturated carbocycles. The highest BCUT2D eigenvalue weighted by Crippen LogP contribution is 2.40. The highest BCUT2D eigenvalue weighted by atomic mass is 35.5. The van der Waals surface area contributed by atoms with Crippen LogP contribution >= 0.6 is 11.6 Å². The van der Waals surface area contributed by atoms with Gasteiger partial charge in [-0.05, 0) is 30.0 Å². The molecular weight excluding hydrogens is 603 g/mol. The molecule has 15 heteroatoms. The lowest BCUT2D eigenvalue weighted by atomic mass is 10.0. The molecule has 3 rings (SSSR count). The van der Waals surface area contributed by atoms with Crippen LogP contribution in [0.3, 0.4) is 0 Å². The molecule has 234 valence electrons. The molecule has 9 nitrogen and oxygen atoms in total. The van der Waals surface area contributed by atoms with Crippen LogP contribution in [-0.4, -0.2) is 60.6 Å². The summed E-state index contributed by atoms with van der Waals surface area (Å²) >= 11 is 5.78. The summed E-state index contributed by atoms with van der Waals surface area (Å²) in [5.41, 5.74) is -2.11. The van der Waals surface area contributed by atoms with Gasteiger partial charge in [0.25, 0.3) is 5.91 Å². The molecule has 0 aliphatic carbocycles. The Morgan fingerprint density at radius 1 is 1.23 bits per heavy atom. The molecule has 5 N–H and O–H groups in total. The lowest BCUT2D eigenvalue weighted by molar-refractivity contribution is -0.137. The van der Waals surface area contributed by atoms with E-state index in [1.165, 1.54) is 4.90 Å². The van der Waals surface area contributed by atoms with Crippen LogP contribution in [0.15, 0.2) is 35.5 Å². The molecule has 1 heterocycles. The number of aliphatic hydroxyl groups excluding tert-OH is 1. The van der Waals surface area contributed by atoms with E-state index in [1.54, 1.807) is 13.8 Å². The molecule has 2 aromatic rings. The van der Waals surface area contributed by atoms with Crippen LogP contribution in [0.2, 0.25) is 5.02 Å². The van der Waals surface area contributed by atoms with Gasteiger partial charge in [0.2, 0.25) is 0 Å². The Hall–Kier alpha value is -3.91. The second-order valence-corrected chi connectivity index (χ2v) is 10.4. The van der Waals surface area contributed by atoms with Crippen LogP contribution in [0.25, 0.3) is 0 Å². The third-order valence-electron chi connectivity index (χ3n) is 6.51. The summed E-state index contributed by atoms with van der Waals surface area (Å²) in [4.78, 5) is 26.2. The third kappa shape index (κ3) is 8.57. The van der Waals surface area contributed by atoms with Crippen molar-refractivity contribution in [2.24, 2.45) is 5.92 Å². The number of carbonyl (C=O) groups is 2. The molecule has 1 aliphatic heterocycles. The van der Waals surface area contributed by atoms with Gasteiger partial charge in [-0.3, -0.25) is 9.59 Å². The van der Waals surface area contributed by atoms with Crippen molar-refractivity contribution in [1.29, 1.82) is 5.41 Å². The molecule has 0 unspecified atom stereocenters. The number of aliphatic hydroxyl groups is 1. The fourth-order valence-electron chi connectivity index (χ4n) is 4.58. The third-order valence-corrected chi connectivity index (χ3v) is 6.88. The Balaban J connectivity index is 1.90. The number of hydrogen-bond donors (Lipinski definition) is 5. The summed E-state index contributed by atoms with van der Waals surface area (Å²) < 4.78 is 74.9. The van der Waals surface area contributed by atoms with Gasteiger partial charge in [-0.1, -0.05) is 25.4 Å². The van der Waals surface area contributed by atoms with Crippen molar-refractivity contribution in [2.45, 2.75) is 39.0 Å². The van der Waals surface area contributed by atoms with E-state index in [0.29, 0.717) is 18.7 Å². The molecular formula is C28H30ClF5N4O5. The summed E-state index contributed by atoms with van der Waals surface area (Å²) in [5, 5.41) is 31.7. The molecule has 1 atom stereocenters. The highest BCUT2D eigenvalue weighted by molar-refractivity contribution is 6.32. The van der Waals surface area contributed by atoms with Crippen molar-refractivity contribution >= 4 is 41.1 Å². The minimum Gasteiger partial charge on any atom is -0.490 e. The molecule has 1 fully saturated rings. The van der Waals surface area contributed by atoms with E-state index in [1.807, 2.05) is 0 Å². The number of β-amino-alcohol motifs (C(OH)–C–C–N with tert-alkyl or cyclic N) is 1. The topological polar surface area (TPSA) is 135 Å². The predicted octanol–water partition coefficient (Wildman–Crippen LogP) is 5.00. The molecule has 0 aromatic heterocycles. The van der Waals surface area contributed by atoms with Crippen molar-refractivity contribution in [3.05, 3.63) is 63.3 Å². The van der Waals surface area contributed by atoms with Gasteiger partial charge in [0.15, 0.2) is 0 Å². The monoisotopic (exact) mass is 632 g/mol. The lowest BCUT2D eigenvalue weighted by Gasteiger charge is -2.25. The second-order valence-electron chi connectivity index (χ2n) is 10.0. The number of carbonyl (C=O) groups excluding carboxylic acids is 1. The molecule has 43 heavy (non-hydrogen) atoms. The van der Waals surface area contributed by atoms with Gasteiger partial charge in [-0.15, -0.1) is 0 Å². The van der Waals surface area contributed by atoms with Gasteiger partial charge in [0, 0.05) is 49.4 Å². The van der Waals surface area contributed by atoms with Gasteiger partial charge in [0.1, 0.15) is 29.0 Å². The minimum absolute atomic E-state index is 0.00270. The summed E-state index contributed by atoms with van der Waals surface area (Å²) in [6, 6.07) is 3.16. The Labute approximate surface area is 248 Å². The number of benzene rings is 2. The number of hydrogen-bond acceptors (Lipinski definition) is 7. The Kier molecular flexibility index (Phi) is 11.0. The van der Waals surface area contributed by atoms with Crippen LogP contribution in [0.4, 0.5) is 33.3 Å². The average molecular weight is 633 g/mol. The van der Waals surface area contributed by atoms with Crippen molar-refractivity contribution in [2.75, 3.05) is 36.5 Å². The molecule has 0 radical (unpaired) electrons. The Bertz CT molecular complexity index is 1420. The Morgan fingerprint density at radius 2 is 1.93 bits per heavy atom. The molecule has 1 aliphatic rings. The van der Waals surface area contributed by atoms with Gasteiger partial charge in [0.05, 0.1) is 29.3 Å². The SMILES string of the molecule is CC(C)/C(NCCOc1cc(F)cc(F)c1Cl)=C(/C=N)C(=O)Nc1cc(CC(=O)O)c(N2CC[C@@H](O)C2)cc1C(F)(F)F. The largest absolute Gasteiger partial charge is 0.490 e.